The van der Waals surface area contributed by atoms with Gasteiger partial charge < -0.3 is 14.4 Å². The van der Waals surface area contributed by atoms with Crippen molar-refractivity contribution < 1.29 is 28.0 Å². The molecule has 6 nitrogen and oxygen atoms in total. The molecule has 0 spiro atoms. The summed E-state index contributed by atoms with van der Waals surface area (Å²) in [7, 11) is 0. The number of halogens is 2. The molecule has 1 saturated carbocycles. The molecule has 1 aliphatic heterocycles. The third kappa shape index (κ3) is 9.68. The van der Waals surface area contributed by atoms with E-state index in [0.717, 1.165) is 37.7 Å². The Morgan fingerprint density at radius 2 is 1.71 bits per heavy atom. The highest BCUT2D eigenvalue weighted by Crippen LogP contribution is 2.38. The molecule has 1 unspecified atom stereocenters. The maximum Gasteiger partial charge on any atom is 0.181 e. The van der Waals surface area contributed by atoms with E-state index in [1.54, 1.807) is 6.92 Å². The van der Waals surface area contributed by atoms with Crippen LogP contribution < -0.4 is 0 Å². The van der Waals surface area contributed by atoms with Gasteiger partial charge in [-0.1, -0.05) is 68.6 Å². The SMILES string of the molecule is CC(=O)CC1(C)CN(C2CCCCC2)C1.CC(=O)c1cc(-c2ccc(F)cc2F)on1.CC(CO)c1ccccc1. The number of rotatable bonds is 7. The molecule has 0 radical (unpaired) electrons. The Bertz CT molecular complexity index is 1270. The van der Waals surface area contributed by atoms with Crippen LogP contribution in [0.3, 0.4) is 0 Å². The Balaban J connectivity index is 0.000000174. The number of carbonyl (C=O) groups is 2. The van der Waals surface area contributed by atoms with Gasteiger partial charge in [-0.25, -0.2) is 8.78 Å². The Labute approximate surface area is 241 Å². The second-order valence-corrected chi connectivity index (χ2v) is 11.6. The zero-order chi connectivity index (χ0) is 30.0. The lowest BCUT2D eigenvalue weighted by Crippen LogP contribution is -2.59. The molecule has 1 N–H and O–H groups in total. The molecule has 2 fully saturated rings. The molecule has 1 aliphatic carbocycles. The van der Waals surface area contributed by atoms with E-state index in [4.69, 9.17) is 9.63 Å². The monoisotopic (exact) mass is 568 g/mol. The number of ketones is 2. The van der Waals surface area contributed by atoms with Crippen LogP contribution in [0.15, 0.2) is 59.1 Å². The molecule has 222 valence electrons. The van der Waals surface area contributed by atoms with E-state index in [9.17, 15) is 18.4 Å². The summed E-state index contributed by atoms with van der Waals surface area (Å²) in [5.74, 6) is -0.999. The Morgan fingerprint density at radius 1 is 1.05 bits per heavy atom. The lowest BCUT2D eigenvalue weighted by Gasteiger charge is -2.52. The second-order valence-electron chi connectivity index (χ2n) is 11.6. The number of Topliss-reactive ketones (excluding diaryl/α,β-unsaturated/α-hetero) is 2. The minimum absolute atomic E-state index is 0.0707. The quantitative estimate of drug-likeness (QED) is 0.303. The molecule has 3 aromatic rings. The van der Waals surface area contributed by atoms with Crippen molar-refractivity contribution in [2.45, 2.75) is 78.2 Å². The first kappa shape index (κ1) is 32.3. The summed E-state index contributed by atoms with van der Waals surface area (Å²) in [4.78, 5) is 24.7. The van der Waals surface area contributed by atoms with E-state index < -0.39 is 11.6 Å². The van der Waals surface area contributed by atoms with Crippen molar-refractivity contribution in [3.8, 4) is 11.3 Å². The Morgan fingerprint density at radius 3 is 2.24 bits per heavy atom. The number of aliphatic hydroxyl groups excluding tert-OH is 1. The van der Waals surface area contributed by atoms with Crippen LogP contribution in [0.5, 0.6) is 0 Å². The fourth-order valence-electron chi connectivity index (χ4n) is 5.50. The highest BCUT2D eigenvalue weighted by molar-refractivity contribution is 5.92. The lowest BCUT2D eigenvalue weighted by molar-refractivity contribution is -0.123. The minimum atomic E-state index is -0.758. The minimum Gasteiger partial charge on any atom is -0.396 e. The molecule has 2 aromatic carbocycles. The second kappa shape index (κ2) is 15.1. The van der Waals surface area contributed by atoms with Crippen molar-refractivity contribution in [1.82, 2.24) is 10.1 Å². The summed E-state index contributed by atoms with van der Waals surface area (Å²) in [6.07, 6.45) is 7.78. The van der Waals surface area contributed by atoms with Crippen molar-refractivity contribution in [3.63, 3.8) is 0 Å². The standard InChI is InChI=1S/C13H23NO.C11H7F2NO2.C9H12O/c1-11(15)8-13(2)9-14(10-13)12-6-4-3-5-7-12;1-6(15)10-5-11(16-14-10)8-3-2-7(12)4-9(8)13;1-8(7-10)9-5-3-2-4-6-9/h12H,3-10H2,1-2H3;2-5H,1H3;2-6,8,10H,7H2,1H3. The number of aliphatic hydroxyl groups is 1. The van der Waals surface area contributed by atoms with E-state index in [2.05, 4.69) is 17.0 Å². The van der Waals surface area contributed by atoms with Gasteiger partial charge in [0.15, 0.2) is 11.5 Å². The molecule has 1 saturated heterocycles. The first-order valence-corrected chi connectivity index (χ1v) is 14.3. The van der Waals surface area contributed by atoms with E-state index >= 15 is 0 Å². The van der Waals surface area contributed by atoms with Crippen molar-refractivity contribution in [3.05, 3.63) is 77.5 Å². The normalized spacial score (nSPS) is 17.2. The highest BCUT2D eigenvalue weighted by Gasteiger charge is 2.42. The van der Waals surface area contributed by atoms with Crippen molar-refractivity contribution in [1.29, 1.82) is 0 Å². The molecule has 0 bridgehead atoms. The van der Waals surface area contributed by atoms with E-state index in [1.807, 2.05) is 37.3 Å². The largest absolute Gasteiger partial charge is 0.396 e. The molecular weight excluding hydrogens is 526 g/mol. The van der Waals surface area contributed by atoms with Crippen LogP contribution >= 0.6 is 0 Å². The van der Waals surface area contributed by atoms with Gasteiger partial charge in [0.2, 0.25) is 0 Å². The topological polar surface area (TPSA) is 83.6 Å². The molecule has 8 heteroatoms. The van der Waals surface area contributed by atoms with Crippen molar-refractivity contribution in [2.75, 3.05) is 19.7 Å². The third-order valence-corrected chi connectivity index (χ3v) is 7.65. The molecule has 41 heavy (non-hydrogen) atoms. The Kier molecular flexibility index (Phi) is 11.9. The maximum absolute atomic E-state index is 13.3. The number of nitrogens with zero attached hydrogens (tertiary/aromatic N) is 2. The number of aromatic nitrogens is 1. The van der Waals surface area contributed by atoms with Crippen LogP contribution in [-0.2, 0) is 4.79 Å². The first-order chi connectivity index (χ1) is 19.5. The van der Waals surface area contributed by atoms with Crippen LogP contribution in [0.25, 0.3) is 11.3 Å². The third-order valence-electron chi connectivity index (χ3n) is 7.65. The Hall–Kier alpha value is -3.23. The summed E-state index contributed by atoms with van der Waals surface area (Å²) < 4.78 is 30.8. The average molecular weight is 569 g/mol. The number of benzene rings is 2. The van der Waals surface area contributed by atoms with E-state index in [0.29, 0.717) is 11.2 Å². The van der Waals surface area contributed by atoms with Crippen molar-refractivity contribution in [2.24, 2.45) is 5.41 Å². The predicted molar refractivity (Wildman–Crippen MR) is 156 cm³/mol. The van der Waals surface area contributed by atoms with Gasteiger partial charge in [-0.2, -0.15) is 0 Å². The zero-order valence-corrected chi connectivity index (χ0v) is 24.5. The van der Waals surface area contributed by atoms with Gasteiger partial charge in [0.05, 0.1) is 5.56 Å². The van der Waals surface area contributed by atoms with E-state index in [-0.39, 0.29) is 35.3 Å². The number of carbonyl (C=O) groups excluding carboxylic acids is 2. The van der Waals surface area contributed by atoms with Gasteiger partial charge in [0.1, 0.15) is 23.1 Å². The van der Waals surface area contributed by atoms with Gasteiger partial charge in [-0.05, 0) is 42.9 Å². The molecule has 0 amide bonds. The zero-order valence-electron chi connectivity index (χ0n) is 24.5. The summed E-state index contributed by atoms with van der Waals surface area (Å²) in [5, 5.41) is 12.3. The summed E-state index contributed by atoms with van der Waals surface area (Å²) in [6, 6.07) is 15.2. The smallest absolute Gasteiger partial charge is 0.181 e. The van der Waals surface area contributed by atoms with E-state index in [1.165, 1.54) is 56.7 Å². The van der Waals surface area contributed by atoms with Crippen LogP contribution in [0.1, 0.15) is 88.2 Å². The molecule has 1 aromatic heterocycles. The first-order valence-electron chi connectivity index (χ1n) is 14.3. The van der Waals surface area contributed by atoms with Crippen LogP contribution in [-0.4, -0.2) is 52.5 Å². The number of likely N-dealkylation sites (tertiary alicyclic amines) is 1. The molecule has 2 aliphatic rings. The van der Waals surface area contributed by atoms with Gasteiger partial charge in [0.25, 0.3) is 0 Å². The average Bonchev–Trinajstić information content (AvgIpc) is 3.43. The van der Waals surface area contributed by atoms with Gasteiger partial charge in [0, 0.05) is 57.1 Å². The van der Waals surface area contributed by atoms with Gasteiger partial charge in [-0.15, -0.1) is 0 Å². The molecular formula is C33H42F2N2O4. The summed E-state index contributed by atoms with van der Waals surface area (Å²) in [5.41, 5.74) is 1.67. The molecule has 5 rings (SSSR count). The van der Waals surface area contributed by atoms with Gasteiger partial charge >= 0.3 is 0 Å². The number of hydrogen-bond donors (Lipinski definition) is 1. The fourth-order valence-corrected chi connectivity index (χ4v) is 5.50. The van der Waals surface area contributed by atoms with Crippen LogP contribution in [0.2, 0.25) is 0 Å². The fraction of sp³-hybridized carbons (Fsp3) is 0.485. The predicted octanol–water partition coefficient (Wildman–Crippen LogP) is 7.22. The molecule has 1 atom stereocenters. The summed E-state index contributed by atoms with van der Waals surface area (Å²) in [6.45, 7) is 9.83. The van der Waals surface area contributed by atoms with Crippen LogP contribution in [0, 0.1) is 17.0 Å². The maximum atomic E-state index is 13.3. The number of hydrogen-bond acceptors (Lipinski definition) is 6. The van der Waals surface area contributed by atoms with Crippen LogP contribution in [0.4, 0.5) is 8.78 Å². The summed E-state index contributed by atoms with van der Waals surface area (Å²) >= 11 is 0. The van der Waals surface area contributed by atoms with Crippen molar-refractivity contribution >= 4 is 11.6 Å². The van der Waals surface area contributed by atoms with Gasteiger partial charge in [-0.3, -0.25) is 9.69 Å². The molecule has 2 heterocycles. The highest BCUT2D eigenvalue weighted by atomic mass is 19.1. The lowest BCUT2D eigenvalue weighted by atomic mass is 9.75.